The van der Waals surface area contributed by atoms with Gasteiger partial charge in [-0.3, -0.25) is 0 Å². The molecule has 3 nitrogen and oxygen atoms in total. The Morgan fingerprint density at radius 2 is 1.92 bits per heavy atom. The van der Waals surface area contributed by atoms with Crippen molar-refractivity contribution in [1.82, 2.24) is 0 Å². The zero-order valence-corrected chi connectivity index (χ0v) is 14.4. The molecular weight excluding hydrogens is 306 g/mol. The van der Waals surface area contributed by atoms with Crippen LogP contribution in [0, 0.1) is 5.41 Å². The molecule has 1 atom stereocenters. The Morgan fingerprint density at radius 1 is 1.16 bits per heavy atom. The molecule has 0 radical (unpaired) electrons. The van der Waals surface area contributed by atoms with Crippen molar-refractivity contribution in [1.29, 1.82) is 5.41 Å². The fraction of sp³-hybridized carbons (Fsp3) is 0.136. The van der Waals surface area contributed by atoms with Crippen LogP contribution in [-0.2, 0) is 5.54 Å². The number of hydrogen-bond acceptors (Lipinski definition) is 3. The van der Waals surface area contributed by atoms with Gasteiger partial charge in [0, 0.05) is 29.4 Å². The average molecular weight is 329 g/mol. The van der Waals surface area contributed by atoms with Crippen LogP contribution >= 0.6 is 0 Å². The Kier molecular flexibility index (Phi) is 4.68. The first kappa shape index (κ1) is 16.9. The number of anilines is 2. The van der Waals surface area contributed by atoms with Gasteiger partial charge in [0.1, 0.15) is 0 Å². The lowest BCUT2D eigenvalue weighted by Gasteiger charge is -2.29. The predicted molar refractivity (Wildman–Crippen MR) is 107 cm³/mol. The van der Waals surface area contributed by atoms with Gasteiger partial charge in [0.25, 0.3) is 0 Å². The fourth-order valence-electron chi connectivity index (χ4n) is 2.98. The molecule has 2 aromatic carbocycles. The van der Waals surface area contributed by atoms with Gasteiger partial charge in [-0.2, -0.15) is 0 Å². The Balaban J connectivity index is 2.15. The van der Waals surface area contributed by atoms with Crippen molar-refractivity contribution < 1.29 is 0 Å². The van der Waals surface area contributed by atoms with Gasteiger partial charge in [0.2, 0.25) is 0 Å². The Labute approximate surface area is 149 Å². The molecule has 126 valence electrons. The molecule has 0 saturated carbocycles. The number of nitrogens with zero attached hydrogens (tertiary/aromatic N) is 1. The second-order valence-corrected chi connectivity index (χ2v) is 6.49. The van der Waals surface area contributed by atoms with E-state index in [0.29, 0.717) is 6.42 Å². The zero-order chi connectivity index (χ0) is 17.9. The summed E-state index contributed by atoms with van der Waals surface area (Å²) < 4.78 is 0. The van der Waals surface area contributed by atoms with E-state index in [0.717, 1.165) is 28.1 Å². The first-order valence-corrected chi connectivity index (χ1v) is 8.34. The quantitative estimate of drug-likeness (QED) is 0.764. The molecule has 0 amide bonds. The SMILES string of the molecule is C=C1/C=C\C=C/N(c2ccccc2)c2ccc(C(C)(N)CC=N)cc21. The van der Waals surface area contributed by atoms with Gasteiger partial charge in [-0.25, -0.2) is 0 Å². The topological polar surface area (TPSA) is 53.1 Å². The van der Waals surface area contributed by atoms with Crippen molar-refractivity contribution in [3.8, 4) is 0 Å². The molecule has 3 N–H and O–H groups in total. The summed E-state index contributed by atoms with van der Waals surface area (Å²) in [4.78, 5) is 2.15. The molecule has 25 heavy (non-hydrogen) atoms. The lowest BCUT2D eigenvalue weighted by atomic mass is 9.87. The van der Waals surface area contributed by atoms with Crippen LogP contribution in [-0.4, -0.2) is 6.21 Å². The average Bonchev–Trinajstić information content (AvgIpc) is 2.60. The number of para-hydroxylation sites is 1. The fourth-order valence-corrected chi connectivity index (χ4v) is 2.98. The second-order valence-electron chi connectivity index (χ2n) is 6.49. The highest BCUT2D eigenvalue weighted by atomic mass is 15.1. The summed E-state index contributed by atoms with van der Waals surface area (Å²) in [6.07, 6.45) is 9.92. The molecule has 1 unspecified atom stereocenters. The molecule has 1 aliphatic heterocycles. The van der Waals surface area contributed by atoms with E-state index in [4.69, 9.17) is 11.1 Å². The second kappa shape index (κ2) is 6.91. The maximum Gasteiger partial charge on any atom is 0.0533 e. The molecule has 3 heteroatoms. The monoisotopic (exact) mass is 329 g/mol. The van der Waals surface area contributed by atoms with Crippen LogP contribution in [0.25, 0.3) is 5.57 Å². The molecule has 2 aromatic rings. The van der Waals surface area contributed by atoms with Crippen LogP contribution in [0.3, 0.4) is 0 Å². The van der Waals surface area contributed by atoms with Crippen LogP contribution in [0.15, 0.2) is 79.5 Å². The summed E-state index contributed by atoms with van der Waals surface area (Å²) in [6, 6.07) is 16.5. The highest BCUT2D eigenvalue weighted by Gasteiger charge is 2.23. The van der Waals surface area contributed by atoms with Gasteiger partial charge >= 0.3 is 0 Å². The number of allylic oxidation sites excluding steroid dienone is 4. The van der Waals surface area contributed by atoms with Gasteiger partial charge in [0.15, 0.2) is 0 Å². The molecule has 0 saturated heterocycles. The third-order valence-corrected chi connectivity index (χ3v) is 4.47. The third kappa shape index (κ3) is 3.47. The molecule has 0 spiro atoms. The van der Waals surface area contributed by atoms with E-state index in [-0.39, 0.29) is 0 Å². The van der Waals surface area contributed by atoms with E-state index >= 15 is 0 Å². The Morgan fingerprint density at radius 3 is 2.64 bits per heavy atom. The number of rotatable bonds is 4. The molecule has 0 bridgehead atoms. The summed E-state index contributed by atoms with van der Waals surface area (Å²) in [5.41, 5.74) is 11.0. The zero-order valence-electron chi connectivity index (χ0n) is 14.4. The predicted octanol–water partition coefficient (Wildman–Crippen LogP) is 5.13. The van der Waals surface area contributed by atoms with Crippen LogP contribution in [0.1, 0.15) is 24.5 Å². The highest BCUT2D eigenvalue weighted by molar-refractivity contribution is 5.86. The van der Waals surface area contributed by atoms with E-state index in [1.54, 1.807) is 0 Å². The van der Waals surface area contributed by atoms with Crippen molar-refractivity contribution in [3.63, 3.8) is 0 Å². The highest BCUT2D eigenvalue weighted by Crippen LogP contribution is 2.36. The van der Waals surface area contributed by atoms with Crippen LogP contribution in [0.2, 0.25) is 0 Å². The van der Waals surface area contributed by atoms with Crippen molar-refractivity contribution in [3.05, 3.63) is 90.7 Å². The van der Waals surface area contributed by atoms with Crippen LogP contribution in [0.5, 0.6) is 0 Å². The van der Waals surface area contributed by atoms with Crippen molar-refractivity contribution in [2.24, 2.45) is 5.73 Å². The van der Waals surface area contributed by atoms with Gasteiger partial charge in [-0.1, -0.05) is 43.0 Å². The van der Waals surface area contributed by atoms with Gasteiger partial charge in [-0.15, -0.1) is 0 Å². The van der Waals surface area contributed by atoms with Crippen LogP contribution < -0.4 is 10.6 Å². The first-order valence-electron chi connectivity index (χ1n) is 8.34. The lowest BCUT2D eigenvalue weighted by Crippen LogP contribution is -2.33. The minimum Gasteiger partial charge on any atom is -0.321 e. The molecular formula is C22H23N3. The standard InChI is InChI=1S/C22H23N3/c1-17-8-6-7-15-25(19-9-4-3-5-10-19)21-12-11-18(16-20(17)21)22(2,24)13-14-23/h3-12,14-16,23H,1,13,24H2,2H3/b8-6-,15-7-,23-14?. The van der Waals surface area contributed by atoms with Gasteiger partial charge in [-0.05, 0) is 54.6 Å². The van der Waals surface area contributed by atoms with E-state index in [1.165, 1.54) is 6.21 Å². The Hall–Kier alpha value is -2.91. The summed E-state index contributed by atoms with van der Waals surface area (Å²) >= 11 is 0. The molecule has 1 heterocycles. The number of fused-ring (bicyclic) bond motifs is 1. The first-order chi connectivity index (χ1) is 12.0. The lowest BCUT2D eigenvalue weighted by molar-refractivity contribution is 0.520. The Bertz CT molecular complexity index is 845. The van der Waals surface area contributed by atoms with Crippen LogP contribution in [0.4, 0.5) is 11.4 Å². The largest absolute Gasteiger partial charge is 0.321 e. The molecule has 1 aliphatic rings. The maximum atomic E-state index is 7.39. The van der Waals surface area contributed by atoms with E-state index in [9.17, 15) is 0 Å². The third-order valence-electron chi connectivity index (χ3n) is 4.47. The number of benzene rings is 2. The number of nitrogens with two attached hydrogens (primary N) is 1. The summed E-state index contributed by atoms with van der Waals surface area (Å²) in [6.45, 7) is 6.18. The summed E-state index contributed by atoms with van der Waals surface area (Å²) in [7, 11) is 0. The molecule has 0 aliphatic carbocycles. The normalized spacial score (nSPS) is 18.5. The minimum atomic E-state index is -0.573. The summed E-state index contributed by atoms with van der Waals surface area (Å²) in [5, 5.41) is 7.39. The molecule has 0 fully saturated rings. The summed E-state index contributed by atoms with van der Waals surface area (Å²) in [5.74, 6) is 0. The molecule has 3 rings (SSSR count). The molecule has 0 aromatic heterocycles. The smallest absolute Gasteiger partial charge is 0.0533 e. The van der Waals surface area contributed by atoms with Crippen molar-refractivity contribution in [2.45, 2.75) is 18.9 Å². The van der Waals surface area contributed by atoms with Crippen molar-refractivity contribution in [2.75, 3.05) is 4.90 Å². The number of hydrogen-bond donors (Lipinski definition) is 2. The minimum absolute atomic E-state index is 0.496. The van der Waals surface area contributed by atoms with E-state index in [1.807, 2.05) is 49.4 Å². The van der Waals surface area contributed by atoms with E-state index in [2.05, 4.69) is 41.9 Å². The van der Waals surface area contributed by atoms with E-state index < -0.39 is 5.54 Å². The van der Waals surface area contributed by atoms with Crippen molar-refractivity contribution >= 4 is 23.2 Å². The maximum absolute atomic E-state index is 7.39. The van der Waals surface area contributed by atoms with Gasteiger partial charge in [0.05, 0.1) is 5.69 Å². The van der Waals surface area contributed by atoms with Gasteiger partial charge < -0.3 is 16.0 Å². The number of nitrogens with one attached hydrogen (secondary N) is 1.